The quantitative estimate of drug-likeness (QED) is 0.697. The molecule has 3 nitrogen and oxygen atoms in total. The van der Waals surface area contributed by atoms with Gasteiger partial charge in [-0.05, 0) is 54.8 Å². The highest BCUT2D eigenvalue weighted by Crippen LogP contribution is 2.27. The van der Waals surface area contributed by atoms with E-state index in [0.29, 0.717) is 0 Å². The van der Waals surface area contributed by atoms with E-state index in [2.05, 4.69) is 10.1 Å². The van der Waals surface area contributed by atoms with Crippen LogP contribution in [0, 0.1) is 25.5 Å². The zero-order valence-electron chi connectivity index (χ0n) is 11.9. The third kappa shape index (κ3) is 2.37. The van der Waals surface area contributed by atoms with Crippen molar-refractivity contribution in [3.63, 3.8) is 0 Å². The third-order valence-electron chi connectivity index (χ3n) is 3.56. The Morgan fingerprint density at radius 1 is 1.00 bits per heavy atom. The highest BCUT2D eigenvalue weighted by atomic mass is 35.5. The van der Waals surface area contributed by atoms with Crippen LogP contribution < -0.4 is 0 Å². The molecular formula is C16H12ClF2N3. The van der Waals surface area contributed by atoms with Gasteiger partial charge in [-0.15, -0.1) is 5.10 Å². The first-order valence-electron chi connectivity index (χ1n) is 6.62. The van der Waals surface area contributed by atoms with Gasteiger partial charge in [-0.2, -0.15) is 4.98 Å². The number of aromatic nitrogens is 3. The molecule has 1 aromatic heterocycles. The first kappa shape index (κ1) is 14.7. The van der Waals surface area contributed by atoms with Gasteiger partial charge in [0.15, 0.2) is 5.82 Å². The lowest BCUT2D eigenvalue weighted by molar-refractivity contribution is 0.587. The predicted molar refractivity (Wildman–Crippen MR) is 81.2 cm³/mol. The lowest BCUT2D eigenvalue weighted by Gasteiger charge is -2.08. The number of hydrogen-bond acceptors (Lipinski definition) is 2. The van der Waals surface area contributed by atoms with Crippen molar-refractivity contribution in [3.05, 3.63) is 64.4 Å². The molecule has 0 N–H and O–H groups in total. The van der Waals surface area contributed by atoms with Crippen LogP contribution in [0.5, 0.6) is 0 Å². The molecule has 0 radical (unpaired) electrons. The van der Waals surface area contributed by atoms with Crippen molar-refractivity contribution >= 4 is 11.6 Å². The highest BCUT2D eigenvalue weighted by Gasteiger charge is 2.19. The Morgan fingerprint density at radius 3 is 2.32 bits per heavy atom. The molecule has 0 bridgehead atoms. The molecule has 0 aliphatic heterocycles. The fraction of sp³-hybridized carbons (Fsp3) is 0.125. The largest absolute Gasteiger partial charge is 0.226 e. The van der Waals surface area contributed by atoms with Gasteiger partial charge in [-0.25, -0.2) is 13.5 Å². The first-order valence-corrected chi connectivity index (χ1v) is 7.00. The number of rotatable bonds is 2. The molecule has 112 valence electrons. The number of benzene rings is 2. The van der Waals surface area contributed by atoms with E-state index in [9.17, 15) is 8.78 Å². The molecule has 0 amide bonds. The number of hydrogen-bond donors (Lipinski definition) is 0. The molecule has 0 saturated carbocycles. The van der Waals surface area contributed by atoms with E-state index in [1.54, 1.807) is 0 Å². The fourth-order valence-electron chi connectivity index (χ4n) is 2.23. The predicted octanol–water partition coefficient (Wildman–Crippen LogP) is 4.48. The van der Waals surface area contributed by atoms with Crippen molar-refractivity contribution in [3.8, 4) is 17.1 Å². The summed E-state index contributed by atoms with van der Waals surface area (Å²) in [5, 5.41) is 4.22. The standard InChI is InChI=1S/C16H12ClF2N3/c1-9-5-3-8-13(10(9)2)22-16(17)20-15(21-22)14-11(18)6-4-7-12(14)19/h3-8H,1-2H3. The van der Waals surface area contributed by atoms with Crippen LogP contribution in [-0.2, 0) is 0 Å². The number of nitrogens with zero attached hydrogens (tertiary/aromatic N) is 3. The molecule has 6 heteroatoms. The van der Waals surface area contributed by atoms with Crippen LogP contribution in [0.1, 0.15) is 11.1 Å². The van der Waals surface area contributed by atoms with Gasteiger partial charge in [0.25, 0.3) is 0 Å². The second-order valence-electron chi connectivity index (χ2n) is 4.93. The van der Waals surface area contributed by atoms with Crippen LogP contribution in [0.15, 0.2) is 36.4 Å². The van der Waals surface area contributed by atoms with E-state index in [0.717, 1.165) is 28.9 Å². The SMILES string of the molecule is Cc1cccc(-n2nc(-c3c(F)cccc3F)nc2Cl)c1C. The summed E-state index contributed by atoms with van der Waals surface area (Å²) in [5.41, 5.74) is 2.46. The maximum Gasteiger partial charge on any atom is 0.226 e. The van der Waals surface area contributed by atoms with Crippen LogP contribution >= 0.6 is 11.6 Å². The summed E-state index contributed by atoms with van der Waals surface area (Å²) in [4.78, 5) is 3.99. The van der Waals surface area contributed by atoms with E-state index in [1.165, 1.54) is 10.7 Å². The molecule has 0 aliphatic carbocycles. The van der Waals surface area contributed by atoms with Crippen molar-refractivity contribution in [1.29, 1.82) is 0 Å². The van der Waals surface area contributed by atoms with Gasteiger partial charge in [-0.1, -0.05) is 18.2 Å². The maximum absolute atomic E-state index is 13.9. The van der Waals surface area contributed by atoms with Crippen LogP contribution in [-0.4, -0.2) is 14.8 Å². The molecule has 3 rings (SSSR count). The van der Waals surface area contributed by atoms with E-state index in [4.69, 9.17) is 11.6 Å². The van der Waals surface area contributed by atoms with Gasteiger partial charge in [0.2, 0.25) is 5.28 Å². The average molecular weight is 320 g/mol. The molecule has 0 saturated heterocycles. The minimum absolute atomic E-state index is 0.0475. The fourth-order valence-corrected chi connectivity index (χ4v) is 2.44. The molecule has 0 aliphatic rings. The Labute approximate surface area is 131 Å². The topological polar surface area (TPSA) is 30.7 Å². The second kappa shape index (κ2) is 5.50. The van der Waals surface area contributed by atoms with Crippen LogP contribution in [0.3, 0.4) is 0 Å². The van der Waals surface area contributed by atoms with Crippen LogP contribution in [0.25, 0.3) is 17.1 Å². The van der Waals surface area contributed by atoms with Crippen molar-refractivity contribution in [2.75, 3.05) is 0 Å². The third-order valence-corrected chi connectivity index (χ3v) is 3.80. The Balaban J connectivity index is 2.18. The zero-order valence-corrected chi connectivity index (χ0v) is 12.7. The molecule has 0 unspecified atom stereocenters. The normalized spacial score (nSPS) is 11.0. The van der Waals surface area contributed by atoms with Gasteiger partial charge in [0.1, 0.15) is 11.6 Å². The number of halogens is 3. The van der Waals surface area contributed by atoms with E-state index in [1.807, 2.05) is 32.0 Å². The van der Waals surface area contributed by atoms with Gasteiger partial charge < -0.3 is 0 Å². The molecule has 0 atom stereocenters. The minimum Gasteiger partial charge on any atom is -0.206 e. The molecule has 22 heavy (non-hydrogen) atoms. The van der Waals surface area contributed by atoms with Crippen molar-refractivity contribution in [1.82, 2.24) is 14.8 Å². The summed E-state index contributed by atoms with van der Waals surface area (Å²) in [7, 11) is 0. The van der Waals surface area contributed by atoms with Crippen molar-refractivity contribution in [2.45, 2.75) is 13.8 Å². The van der Waals surface area contributed by atoms with Crippen molar-refractivity contribution in [2.24, 2.45) is 0 Å². The van der Waals surface area contributed by atoms with Crippen molar-refractivity contribution < 1.29 is 8.78 Å². The minimum atomic E-state index is -0.727. The highest BCUT2D eigenvalue weighted by molar-refractivity contribution is 6.28. The summed E-state index contributed by atoms with van der Waals surface area (Å²) in [6, 6.07) is 9.25. The van der Waals surface area contributed by atoms with E-state index >= 15 is 0 Å². The van der Waals surface area contributed by atoms with Gasteiger partial charge in [0, 0.05) is 0 Å². The van der Waals surface area contributed by atoms with E-state index in [-0.39, 0.29) is 16.7 Å². The lowest BCUT2D eigenvalue weighted by atomic mass is 10.1. The van der Waals surface area contributed by atoms with Crippen LogP contribution in [0.4, 0.5) is 8.78 Å². The average Bonchev–Trinajstić information content (AvgIpc) is 2.83. The van der Waals surface area contributed by atoms with Crippen LogP contribution in [0.2, 0.25) is 5.28 Å². The summed E-state index contributed by atoms with van der Waals surface area (Å²) in [6.45, 7) is 3.88. The molecular weight excluding hydrogens is 308 g/mol. The van der Waals surface area contributed by atoms with Gasteiger partial charge in [-0.3, -0.25) is 0 Å². The Morgan fingerprint density at radius 2 is 1.64 bits per heavy atom. The van der Waals surface area contributed by atoms with Gasteiger partial charge >= 0.3 is 0 Å². The Hall–Kier alpha value is -2.27. The van der Waals surface area contributed by atoms with E-state index < -0.39 is 11.6 Å². The molecule has 3 aromatic rings. The molecule has 0 fully saturated rings. The van der Waals surface area contributed by atoms with Gasteiger partial charge in [0.05, 0.1) is 11.3 Å². The number of aryl methyl sites for hydroxylation is 1. The maximum atomic E-state index is 13.9. The molecule has 1 heterocycles. The smallest absolute Gasteiger partial charge is 0.206 e. The monoisotopic (exact) mass is 319 g/mol. The molecule has 0 spiro atoms. The summed E-state index contributed by atoms with van der Waals surface area (Å²) in [6.07, 6.45) is 0. The Bertz CT molecular complexity index is 838. The Kier molecular flexibility index (Phi) is 3.66. The summed E-state index contributed by atoms with van der Waals surface area (Å²) in [5.74, 6) is -1.54. The second-order valence-corrected chi connectivity index (χ2v) is 5.27. The zero-order chi connectivity index (χ0) is 15.9. The summed E-state index contributed by atoms with van der Waals surface area (Å²) < 4.78 is 29.1. The first-order chi connectivity index (χ1) is 10.5. The summed E-state index contributed by atoms with van der Waals surface area (Å²) >= 11 is 6.10. The molecule has 2 aromatic carbocycles. The lowest BCUT2D eigenvalue weighted by Crippen LogP contribution is -2.01.